The topological polar surface area (TPSA) is 98.7 Å². The van der Waals surface area contributed by atoms with Crippen molar-refractivity contribution in [3.8, 4) is 5.95 Å². The highest BCUT2D eigenvalue weighted by Gasteiger charge is 2.34. The number of amides is 1. The van der Waals surface area contributed by atoms with Crippen molar-refractivity contribution in [2.24, 2.45) is 23.7 Å². The number of carbonyl (C=O) groups excluding carboxylic acids is 1. The van der Waals surface area contributed by atoms with Gasteiger partial charge in [-0.3, -0.25) is 4.79 Å². The molecule has 2 aliphatic rings. The molecule has 0 spiro atoms. The summed E-state index contributed by atoms with van der Waals surface area (Å²) < 4.78 is 1.52. The summed E-state index contributed by atoms with van der Waals surface area (Å²) in [5.74, 6) is 3.87. The van der Waals surface area contributed by atoms with E-state index in [0.29, 0.717) is 28.9 Å². The molecule has 2 unspecified atom stereocenters. The number of hydrogen-bond acceptors (Lipinski definition) is 5. The first-order chi connectivity index (χ1) is 13.4. The van der Waals surface area contributed by atoms with Gasteiger partial charge < -0.3 is 11.1 Å². The summed E-state index contributed by atoms with van der Waals surface area (Å²) in [5.41, 5.74) is 7.91. The van der Waals surface area contributed by atoms with E-state index in [2.05, 4.69) is 27.3 Å². The quantitative estimate of drug-likeness (QED) is 0.847. The molecule has 2 bridgehead atoms. The van der Waals surface area contributed by atoms with Crippen molar-refractivity contribution in [1.29, 1.82) is 0 Å². The van der Waals surface area contributed by atoms with E-state index in [9.17, 15) is 4.79 Å². The van der Waals surface area contributed by atoms with Gasteiger partial charge in [-0.2, -0.15) is 10.1 Å². The number of aryl methyl sites for hydroxylation is 2. The monoisotopic (exact) mass is 382 g/mol. The maximum Gasteiger partial charge on any atom is 0.254 e. The van der Waals surface area contributed by atoms with Gasteiger partial charge in [0.1, 0.15) is 5.82 Å². The SMILES string of the molecule is Cc1cnc(-n2cc(C(=O)NCC3CC4CC(C)CC(C3)C4)c(C)n2)nc1N. The molecule has 7 heteroatoms. The van der Waals surface area contributed by atoms with Gasteiger partial charge in [-0.15, -0.1) is 0 Å². The molecule has 4 rings (SSSR count). The summed E-state index contributed by atoms with van der Waals surface area (Å²) >= 11 is 0. The van der Waals surface area contributed by atoms with E-state index in [0.717, 1.165) is 29.9 Å². The Labute approximate surface area is 166 Å². The number of nitrogens with two attached hydrogens (primary N) is 1. The molecule has 2 aromatic heterocycles. The van der Waals surface area contributed by atoms with Gasteiger partial charge in [0.15, 0.2) is 0 Å². The maximum absolute atomic E-state index is 12.7. The van der Waals surface area contributed by atoms with Crippen molar-refractivity contribution in [1.82, 2.24) is 25.1 Å². The van der Waals surface area contributed by atoms with Crippen molar-refractivity contribution in [2.45, 2.75) is 52.9 Å². The Balaban J connectivity index is 1.40. The summed E-state index contributed by atoms with van der Waals surface area (Å²) in [6.07, 6.45) is 9.94. The van der Waals surface area contributed by atoms with Crippen molar-refractivity contribution in [2.75, 3.05) is 12.3 Å². The normalized spacial score (nSPS) is 26.8. The lowest BCUT2D eigenvalue weighted by molar-refractivity contribution is 0.0869. The van der Waals surface area contributed by atoms with E-state index < -0.39 is 0 Å². The molecule has 1 amide bonds. The molecule has 3 N–H and O–H groups in total. The molecule has 0 saturated heterocycles. The number of nitrogen functional groups attached to an aromatic ring is 1. The third-order valence-electron chi connectivity index (χ3n) is 6.37. The lowest BCUT2D eigenvalue weighted by Crippen LogP contribution is -2.36. The molecule has 0 radical (unpaired) electrons. The summed E-state index contributed by atoms with van der Waals surface area (Å²) in [6.45, 7) is 6.81. The van der Waals surface area contributed by atoms with Crippen LogP contribution in [0.5, 0.6) is 0 Å². The van der Waals surface area contributed by atoms with Crippen LogP contribution < -0.4 is 11.1 Å². The average Bonchev–Trinajstić information content (AvgIpc) is 3.03. The fraction of sp³-hybridized carbons (Fsp3) is 0.619. The van der Waals surface area contributed by atoms with Gasteiger partial charge in [0.05, 0.1) is 11.3 Å². The highest BCUT2D eigenvalue weighted by molar-refractivity contribution is 5.95. The molecular formula is C21H30N6O. The Morgan fingerprint density at radius 3 is 2.61 bits per heavy atom. The van der Waals surface area contributed by atoms with Crippen LogP contribution in [-0.4, -0.2) is 32.2 Å². The van der Waals surface area contributed by atoms with E-state index in [4.69, 9.17) is 5.73 Å². The second kappa shape index (κ2) is 7.53. The zero-order chi connectivity index (χ0) is 19.8. The first kappa shape index (κ1) is 18.9. The molecular weight excluding hydrogens is 352 g/mol. The lowest BCUT2D eigenvalue weighted by Gasteiger charge is -2.41. The Bertz CT molecular complexity index is 858. The fourth-order valence-electron chi connectivity index (χ4n) is 5.16. The number of carbonyl (C=O) groups is 1. The van der Waals surface area contributed by atoms with Gasteiger partial charge in [-0.25, -0.2) is 9.67 Å². The summed E-state index contributed by atoms with van der Waals surface area (Å²) in [4.78, 5) is 21.3. The van der Waals surface area contributed by atoms with Gasteiger partial charge >= 0.3 is 0 Å². The Hall–Kier alpha value is -2.44. The second-order valence-corrected chi connectivity index (χ2v) is 8.90. The van der Waals surface area contributed by atoms with Crippen molar-refractivity contribution in [3.63, 3.8) is 0 Å². The molecule has 0 aromatic carbocycles. The number of nitrogens with zero attached hydrogens (tertiary/aromatic N) is 4. The number of aromatic nitrogens is 4. The Morgan fingerprint density at radius 2 is 1.93 bits per heavy atom. The second-order valence-electron chi connectivity index (χ2n) is 8.90. The van der Waals surface area contributed by atoms with Gasteiger partial charge in [0, 0.05) is 24.5 Å². The Morgan fingerprint density at radius 1 is 1.21 bits per heavy atom. The van der Waals surface area contributed by atoms with Crippen molar-refractivity contribution < 1.29 is 4.79 Å². The van der Waals surface area contributed by atoms with Crippen LogP contribution in [0.25, 0.3) is 5.95 Å². The zero-order valence-corrected chi connectivity index (χ0v) is 17.0. The molecule has 2 saturated carbocycles. The van der Waals surface area contributed by atoms with Gasteiger partial charge in [0.25, 0.3) is 11.9 Å². The summed E-state index contributed by atoms with van der Waals surface area (Å²) in [7, 11) is 0. The number of hydrogen-bond donors (Lipinski definition) is 2. The third-order valence-corrected chi connectivity index (χ3v) is 6.37. The molecule has 150 valence electrons. The standard InChI is InChI=1S/C21H30N6O/c1-12-4-15-6-16(5-12)8-17(7-15)10-23-20(28)18-11-27(26-14(18)3)21-24-9-13(2)19(22)25-21/h9,11-12,15-17H,4-8,10H2,1-3H3,(H,23,28)(H2,22,24,25). The Kier molecular flexibility index (Phi) is 5.08. The molecule has 2 atom stereocenters. The number of nitrogens with one attached hydrogen (secondary N) is 1. The number of fused-ring (bicyclic) bond motifs is 2. The predicted molar refractivity (Wildman–Crippen MR) is 108 cm³/mol. The number of anilines is 1. The number of rotatable bonds is 4. The van der Waals surface area contributed by atoms with E-state index in [1.807, 2.05) is 13.8 Å². The minimum atomic E-state index is -0.0760. The van der Waals surface area contributed by atoms with Crippen LogP contribution in [0.3, 0.4) is 0 Å². The van der Waals surface area contributed by atoms with Gasteiger partial charge in [-0.1, -0.05) is 6.92 Å². The molecule has 28 heavy (non-hydrogen) atoms. The molecule has 2 aliphatic carbocycles. The van der Waals surface area contributed by atoms with E-state index in [1.165, 1.54) is 36.8 Å². The molecule has 2 fully saturated rings. The highest BCUT2D eigenvalue weighted by Crippen LogP contribution is 2.44. The molecule has 7 nitrogen and oxygen atoms in total. The average molecular weight is 383 g/mol. The largest absolute Gasteiger partial charge is 0.383 e. The van der Waals surface area contributed by atoms with Crippen LogP contribution in [0.1, 0.15) is 60.6 Å². The third kappa shape index (κ3) is 3.88. The molecule has 0 aliphatic heterocycles. The van der Waals surface area contributed by atoms with Crippen LogP contribution in [0.15, 0.2) is 12.4 Å². The summed E-state index contributed by atoms with van der Waals surface area (Å²) in [5, 5.41) is 7.54. The molecule has 2 aromatic rings. The highest BCUT2D eigenvalue weighted by atomic mass is 16.1. The van der Waals surface area contributed by atoms with Crippen LogP contribution in [0, 0.1) is 37.5 Å². The fourth-order valence-corrected chi connectivity index (χ4v) is 5.16. The van der Waals surface area contributed by atoms with Crippen LogP contribution in [0.2, 0.25) is 0 Å². The van der Waals surface area contributed by atoms with Gasteiger partial charge in [-0.05, 0) is 69.6 Å². The van der Waals surface area contributed by atoms with E-state index >= 15 is 0 Å². The van der Waals surface area contributed by atoms with E-state index in [1.54, 1.807) is 12.4 Å². The molecule has 2 heterocycles. The van der Waals surface area contributed by atoms with Crippen molar-refractivity contribution in [3.05, 3.63) is 29.2 Å². The smallest absolute Gasteiger partial charge is 0.254 e. The van der Waals surface area contributed by atoms with Crippen LogP contribution in [0.4, 0.5) is 5.82 Å². The minimum Gasteiger partial charge on any atom is -0.383 e. The van der Waals surface area contributed by atoms with E-state index in [-0.39, 0.29) is 5.91 Å². The van der Waals surface area contributed by atoms with Crippen molar-refractivity contribution >= 4 is 11.7 Å². The van der Waals surface area contributed by atoms with Crippen LogP contribution >= 0.6 is 0 Å². The summed E-state index contributed by atoms with van der Waals surface area (Å²) in [6, 6.07) is 0. The maximum atomic E-state index is 12.7. The zero-order valence-electron chi connectivity index (χ0n) is 17.0. The first-order valence-electron chi connectivity index (χ1n) is 10.3. The van der Waals surface area contributed by atoms with Crippen LogP contribution in [-0.2, 0) is 0 Å². The first-order valence-corrected chi connectivity index (χ1v) is 10.3. The van der Waals surface area contributed by atoms with Gasteiger partial charge in [0.2, 0.25) is 0 Å². The lowest BCUT2D eigenvalue weighted by atomic mass is 9.65. The minimum absolute atomic E-state index is 0.0760. The predicted octanol–water partition coefficient (Wildman–Crippen LogP) is 3.05.